The molecule has 0 aromatic rings. The molecule has 2 rings (SSSR count). The van der Waals surface area contributed by atoms with E-state index in [2.05, 4.69) is 29.0 Å². The third-order valence-corrected chi connectivity index (χ3v) is 4.30. The Morgan fingerprint density at radius 1 is 1.18 bits per heavy atom. The average molecular weight is 239 g/mol. The smallest absolute Gasteiger partial charge is 0.0207 e. The van der Waals surface area contributed by atoms with Crippen molar-refractivity contribution in [3.63, 3.8) is 0 Å². The van der Waals surface area contributed by atoms with Crippen LogP contribution < -0.4 is 5.32 Å². The van der Waals surface area contributed by atoms with Gasteiger partial charge in [0.05, 0.1) is 0 Å². The minimum absolute atomic E-state index is 0.744. The molecule has 0 saturated carbocycles. The molecule has 2 fully saturated rings. The van der Waals surface area contributed by atoms with Crippen molar-refractivity contribution in [3.05, 3.63) is 0 Å². The van der Waals surface area contributed by atoms with Crippen LogP contribution in [0.2, 0.25) is 0 Å². The predicted molar refractivity (Wildman–Crippen MR) is 73.4 cm³/mol. The van der Waals surface area contributed by atoms with Gasteiger partial charge in [0.1, 0.15) is 0 Å². The molecule has 1 N–H and O–H groups in total. The third kappa shape index (κ3) is 3.94. The van der Waals surface area contributed by atoms with Crippen LogP contribution in [0.1, 0.15) is 39.5 Å². The Hall–Kier alpha value is -0.120. The molecule has 0 radical (unpaired) electrons. The van der Waals surface area contributed by atoms with Crippen LogP contribution in [-0.4, -0.2) is 61.2 Å². The molecule has 2 saturated heterocycles. The first kappa shape index (κ1) is 13.3. The topological polar surface area (TPSA) is 18.5 Å². The van der Waals surface area contributed by atoms with Crippen LogP contribution in [0.15, 0.2) is 0 Å². The second-order valence-corrected chi connectivity index (χ2v) is 5.75. The van der Waals surface area contributed by atoms with Crippen LogP contribution >= 0.6 is 0 Å². The standard InChI is InChI=1S/C14H29N3/c1-3-15-14-7-10-16(12-14)11-13(2)17-8-5-4-6-9-17/h13-15H,3-12H2,1-2H3. The molecule has 0 aromatic carbocycles. The number of piperidine rings is 1. The normalized spacial score (nSPS) is 29.6. The van der Waals surface area contributed by atoms with Crippen molar-refractivity contribution in [2.24, 2.45) is 0 Å². The van der Waals surface area contributed by atoms with E-state index in [1.165, 1.54) is 58.4 Å². The Morgan fingerprint density at radius 3 is 2.65 bits per heavy atom. The molecular weight excluding hydrogens is 210 g/mol. The number of hydrogen-bond donors (Lipinski definition) is 1. The van der Waals surface area contributed by atoms with Crippen LogP contribution in [0.5, 0.6) is 0 Å². The zero-order valence-corrected chi connectivity index (χ0v) is 11.6. The minimum Gasteiger partial charge on any atom is -0.313 e. The van der Waals surface area contributed by atoms with Crippen LogP contribution in [0.3, 0.4) is 0 Å². The quantitative estimate of drug-likeness (QED) is 0.785. The maximum Gasteiger partial charge on any atom is 0.0207 e. The lowest BCUT2D eigenvalue weighted by Crippen LogP contribution is -2.44. The molecule has 2 aliphatic heterocycles. The van der Waals surface area contributed by atoms with Crippen molar-refractivity contribution < 1.29 is 0 Å². The molecule has 100 valence electrons. The summed E-state index contributed by atoms with van der Waals surface area (Å²) in [6.07, 6.45) is 5.59. The van der Waals surface area contributed by atoms with E-state index in [1.807, 2.05) is 0 Å². The van der Waals surface area contributed by atoms with Gasteiger partial charge >= 0.3 is 0 Å². The maximum atomic E-state index is 3.57. The summed E-state index contributed by atoms with van der Waals surface area (Å²) in [7, 11) is 0. The van der Waals surface area contributed by atoms with Gasteiger partial charge in [0.25, 0.3) is 0 Å². The Balaban J connectivity index is 1.69. The fourth-order valence-electron chi connectivity index (χ4n) is 3.30. The SMILES string of the molecule is CCNC1CCN(CC(C)N2CCCCC2)C1. The van der Waals surface area contributed by atoms with Gasteiger partial charge in [-0.15, -0.1) is 0 Å². The monoisotopic (exact) mass is 239 g/mol. The summed E-state index contributed by atoms with van der Waals surface area (Å²) in [5, 5.41) is 3.57. The van der Waals surface area contributed by atoms with E-state index in [9.17, 15) is 0 Å². The lowest BCUT2D eigenvalue weighted by molar-refractivity contribution is 0.137. The molecule has 2 heterocycles. The van der Waals surface area contributed by atoms with E-state index in [4.69, 9.17) is 0 Å². The van der Waals surface area contributed by atoms with Gasteiger partial charge in [-0.05, 0) is 52.4 Å². The highest BCUT2D eigenvalue weighted by molar-refractivity contribution is 4.83. The number of nitrogens with zero attached hydrogens (tertiary/aromatic N) is 2. The first-order valence-electron chi connectivity index (χ1n) is 7.49. The van der Waals surface area contributed by atoms with E-state index in [0.717, 1.165) is 18.6 Å². The van der Waals surface area contributed by atoms with Crippen molar-refractivity contribution in [1.82, 2.24) is 15.1 Å². The van der Waals surface area contributed by atoms with Crippen LogP contribution in [0.4, 0.5) is 0 Å². The zero-order chi connectivity index (χ0) is 12.1. The van der Waals surface area contributed by atoms with Gasteiger partial charge in [-0.2, -0.15) is 0 Å². The molecular formula is C14H29N3. The van der Waals surface area contributed by atoms with Crippen molar-refractivity contribution in [2.45, 2.75) is 51.6 Å². The number of hydrogen-bond acceptors (Lipinski definition) is 3. The molecule has 0 amide bonds. The van der Waals surface area contributed by atoms with Gasteiger partial charge < -0.3 is 10.2 Å². The highest BCUT2D eigenvalue weighted by atomic mass is 15.2. The first-order chi connectivity index (χ1) is 8.29. The van der Waals surface area contributed by atoms with Gasteiger partial charge in [0.15, 0.2) is 0 Å². The minimum atomic E-state index is 0.744. The predicted octanol–water partition coefficient (Wildman–Crippen LogP) is 1.54. The maximum absolute atomic E-state index is 3.57. The van der Waals surface area contributed by atoms with Gasteiger partial charge in [-0.1, -0.05) is 13.3 Å². The van der Waals surface area contributed by atoms with Crippen molar-refractivity contribution >= 4 is 0 Å². The molecule has 3 nitrogen and oxygen atoms in total. The summed E-state index contributed by atoms with van der Waals surface area (Å²) < 4.78 is 0. The Kier molecular flexibility index (Phi) is 5.26. The van der Waals surface area contributed by atoms with Gasteiger partial charge in [-0.3, -0.25) is 4.90 Å². The lowest BCUT2D eigenvalue weighted by Gasteiger charge is -2.34. The molecule has 3 heteroatoms. The largest absolute Gasteiger partial charge is 0.313 e. The molecule has 2 aliphatic rings. The molecule has 0 aliphatic carbocycles. The van der Waals surface area contributed by atoms with E-state index in [-0.39, 0.29) is 0 Å². The average Bonchev–Trinajstić information content (AvgIpc) is 2.78. The van der Waals surface area contributed by atoms with Gasteiger partial charge in [-0.25, -0.2) is 0 Å². The lowest BCUT2D eigenvalue weighted by atomic mass is 10.1. The van der Waals surface area contributed by atoms with E-state index in [0.29, 0.717) is 0 Å². The number of nitrogens with one attached hydrogen (secondary N) is 1. The van der Waals surface area contributed by atoms with Gasteiger partial charge in [0, 0.05) is 25.2 Å². The molecule has 0 spiro atoms. The molecule has 17 heavy (non-hydrogen) atoms. The van der Waals surface area contributed by atoms with Crippen molar-refractivity contribution in [2.75, 3.05) is 39.3 Å². The van der Waals surface area contributed by atoms with E-state index in [1.54, 1.807) is 0 Å². The fraction of sp³-hybridized carbons (Fsp3) is 1.00. The fourth-order valence-corrected chi connectivity index (χ4v) is 3.30. The second-order valence-electron chi connectivity index (χ2n) is 5.75. The number of likely N-dealkylation sites (tertiary alicyclic amines) is 2. The number of rotatable bonds is 5. The first-order valence-corrected chi connectivity index (χ1v) is 7.49. The molecule has 2 atom stereocenters. The summed E-state index contributed by atoms with van der Waals surface area (Å²) in [6.45, 7) is 12.2. The Morgan fingerprint density at radius 2 is 1.94 bits per heavy atom. The Labute approximate surface area is 107 Å². The van der Waals surface area contributed by atoms with E-state index >= 15 is 0 Å². The number of likely N-dealkylation sites (N-methyl/N-ethyl adjacent to an activating group) is 1. The summed E-state index contributed by atoms with van der Waals surface area (Å²) >= 11 is 0. The summed E-state index contributed by atoms with van der Waals surface area (Å²) in [4.78, 5) is 5.33. The van der Waals surface area contributed by atoms with Crippen molar-refractivity contribution in [3.8, 4) is 0 Å². The Bertz CT molecular complexity index is 214. The summed E-state index contributed by atoms with van der Waals surface area (Å²) in [5.41, 5.74) is 0. The molecule has 0 bridgehead atoms. The second kappa shape index (κ2) is 6.72. The summed E-state index contributed by atoms with van der Waals surface area (Å²) in [5.74, 6) is 0. The van der Waals surface area contributed by atoms with Crippen LogP contribution in [0, 0.1) is 0 Å². The highest BCUT2D eigenvalue weighted by Crippen LogP contribution is 2.15. The summed E-state index contributed by atoms with van der Waals surface area (Å²) in [6, 6.07) is 1.49. The van der Waals surface area contributed by atoms with E-state index < -0.39 is 0 Å². The molecule has 2 unspecified atom stereocenters. The zero-order valence-electron chi connectivity index (χ0n) is 11.6. The van der Waals surface area contributed by atoms with Crippen LogP contribution in [-0.2, 0) is 0 Å². The van der Waals surface area contributed by atoms with Crippen LogP contribution in [0.25, 0.3) is 0 Å². The van der Waals surface area contributed by atoms with Gasteiger partial charge in [0.2, 0.25) is 0 Å². The highest BCUT2D eigenvalue weighted by Gasteiger charge is 2.25. The third-order valence-electron chi connectivity index (χ3n) is 4.30. The molecule has 0 aromatic heterocycles. The van der Waals surface area contributed by atoms with Crippen molar-refractivity contribution in [1.29, 1.82) is 0 Å².